The lowest BCUT2D eigenvalue weighted by Crippen LogP contribution is -2.24. The van der Waals surface area contributed by atoms with Crippen molar-refractivity contribution in [2.45, 2.75) is 12.8 Å². The fraction of sp³-hybridized carbons (Fsp3) is 0.250. The molecule has 2 N–H and O–H groups in total. The predicted molar refractivity (Wildman–Crippen MR) is 79.3 cm³/mol. The molecule has 1 aliphatic rings. The van der Waals surface area contributed by atoms with Crippen LogP contribution in [0.1, 0.15) is 12.0 Å². The highest BCUT2D eigenvalue weighted by Crippen LogP contribution is 2.28. The van der Waals surface area contributed by atoms with Crippen LogP contribution >= 0.6 is 0 Å². The second kappa shape index (κ2) is 5.33. The molecule has 0 radical (unpaired) electrons. The number of carbonyl (C=O) groups is 1. The summed E-state index contributed by atoms with van der Waals surface area (Å²) in [6, 6.07) is 11.6. The van der Waals surface area contributed by atoms with Gasteiger partial charge in [-0.1, -0.05) is 18.2 Å². The number of pyridine rings is 1. The van der Waals surface area contributed by atoms with E-state index in [9.17, 15) is 4.79 Å². The number of benzene rings is 1. The first-order valence-electron chi connectivity index (χ1n) is 6.78. The van der Waals surface area contributed by atoms with Crippen LogP contribution < -0.4 is 10.6 Å². The van der Waals surface area contributed by atoms with Crippen LogP contribution in [0, 0.1) is 5.92 Å². The van der Waals surface area contributed by atoms with Crippen LogP contribution in [0.15, 0.2) is 48.8 Å². The van der Waals surface area contributed by atoms with Crippen molar-refractivity contribution in [3.05, 3.63) is 54.4 Å². The molecule has 1 saturated heterocycles. The third kappa shape index (κ3) is 2.50. The maximum atomic E-state index is 12.1. The number of hydrogen-bond acceptors (Lipinski definition) is 3. The summed E-state index contributed by atoms with van der Waals surface area (Å²) in [5.41, 5.74) is 8.70. The smallest absolute Gasteiger partial charge is 0.227 e. The van der Waals surface area contributed by atoms with Gasteiger partial charge in [-0.2, -0.15) is 0 Å². The molecule has 2 aromatic rings. The Kier molecular flexibility index (Phi) is 3.37. The van der Waals surface area contributed by atoms with Crippen LogP contribution in [0.4, 0.5) is 11.4 Å². The molecule has 1 unspecified atom stereocenters. The van der Waals surface area contributed by atoms with E-state index in [4.69, 9.17) is 5.73 Å². The van der Waals surface area contributed by atoms with Crippen molar-refractivity contribution < 1.29 is 4.79 Å². The van der Waals surface area contributed by atoms with Crippen LogP contribution in [0.25, 0.3) is 0 Å². The second-order valence-electron chi connectivity index (χ2n) is 5.19. The van der Waals surface area contributed by atoms with E-state index in [1.165, 1.54) is 0 Å². The molecule has 1 amide bonds. The van der Waals surface area contributed by atoms with Gasteiger partial charge >= 0.3 is 0 Å². The summed E-state index contributed by atoms with van der Waals surface area (Å²) in [6.45, 7) is 0.747. The molecule has 0 aliphatic carbocycles. The molecule has 4 heteroatoms. The summed E-state index contributed by atoms with van der Waals surface area (Å²) >= 11 is 0. The molecule has 20 heavy (non-hydrogen) atoms. The third-order valence-corrected chi connectivity index (χ3v) is 3.72. The fourth-order valence-corrected chi connectivity index (χ4v) is 2.70. The molecule has 1 aromatic heterocycles. The van der Waals surface area contributed by atoms with Crippen molar-refractivity contribution in [1.29, 1.82) is 0 Å². The molecular weight excluding hydrogens is 250 g/mol. The van der Waals surface area contributed by atoms with Gasteiger partial charge in [-0.3, -0.25) is 9.78 Å². The Bertz CT molecular complexity index is 612. The zero-order valence-corrected chi connectivity index (χ0v) is 11.2. The number of hydrogen-bond donors (Lipinski definition) is 1. The van der Waals surface area contributed by atoms with E-state index >= 15 is 0 Å². The Morgan fingerprint density at radius 2 is 2.05 bits per heavy atom. The maximum absolute atomic E-state index is 12.1. The molecule has 1 aliphatic heterocycles. The van der Waals surface area contributed by atoms with Gasteiger partial charge < -0.3 is 10.6 Å². The first kappa shape index (κ1) is 12.7. The molecule has 1 aromatic carbocycles. The quantitative estimate of drug-likeness (QED) is 0.928. The summed E-state index contributed by atoms with van der Waals surface area (Å²) in [7, 11) is 0. The first-order valence-corrected chi connectivity index (χ1v) is 6.78. The minimum atomic E-state index is 0.184. The zero-order valence-electron chi connectivity index (χ0n) is 11.2. The highest BCUT2D eigenvalue weighted by atomic mass is 16.2. The standard InChI is InChI=1S/C16H17N3O/c17-15-6-7-18-10-13(15)8-12-9-16(20)19(11-12)14-4-2-1-3-5-14/h1-7,10,12H,8-9,11H2,(H2,17,18). The second-order valence-corrected chi connectivity index (χ2v) is 5.19. The Labute approximate surface area is 118 Å². The summed E-state index contributed by atoms with van der Waals surface area (Å²) in [5, 5.41) is 0. The molecule has 3 rings (SSSR count). The SMILES string of the molecule is Nc1ccncc1CC1CC(=O)N(c2ccccc2)C1. The molecule has 0 spiro atoms. The molecule has 0 bridgehead atoms. The van der Waals surface area contributed by atoms with Gasteiger partial charge in [0, 0.05) is 36.7 Å². The summed E-state index contributed by atoms with van der Waals surface area (Å²) in [4.78, 5) is 18.1. The van der Waals surface area contributed by atoms with E-state index in [1.807, 2.05) is 35.2 Å². The maximum Gasteiger partial charge on any atom is 0.227 e. The van der Waals surface area contributed by atoms with Gasteiger partial charge in [0.15, 0.2) is 0 Å². The minimum Gasteiger partial charge on any atom is -0.398 e. The van der Waals surface area contributed by atoms with E-state index in [1.54, 1.807) is 18.5 Å². The van der Waals surface area contributed by atoms with Crippen LogP contribution in [0.2, 0.25) is 0 Å². The molecule has 102 valence electrons. The number of aromatic nitrogens is 1. The Balaban J connectivity index is 1.73. The summed E-state index contributed by atoms with van der Waals surface area (Å²) in [5.74, 6) is 0.484. The highest BCUT2D eigenvalue weighted by Gasteiger charge is 2.30. The van der Waals surface area contributed by atoms with Crippen LogP contribution in [-0.4, -0.2) is 17.4 Å². The van der Waals surface area contributed by atoms with Crippen molar-refractivity contribution in [2.24, 2.45) is 5.92 Å². The molecule has 2 heterocycles. The molecule has 1 atom stereocenters. The number of amides is 1. The van der Waals surface area contributed by atoms with Crippen molar-refractivity contribution in [2.75, 3.05) is 17.2 Å². The summed E-state index contributed by atoms with van der Waals surface area (Å²) < 4.78 is 0. The first-order chi connectivity index (χ1) is 9.74. The summed E-state index contributed by atoms with van der Waals surface area (Å²) in [6.07, 6.45) is 4.86. The van der Waals surface area contributed by atoms with Gasteiger partial charge in [0.05, 0.1) is 0 Å². The predicted octanol–water partition coefficient (Wildman–Crippen LogP) is 2.26. The Morgan fingerprint density at radius 3 is 2.80 bits per heavy atom. The Morgan fingerprint density at radius 1 is 1.25 bits per heavy atom. The molecular formula is C16H17N3O. The van der Waals surface area contributed by atoms with Gasteiger partial charge in [-0.15, -0.1) is 0 Å². The highest BCUT2D eigenvalue weighted by molar-refractivity contribution is 5.95. The van der Waals surface area contributed by atoms with E-state index in [2.05, 4.69) is 4.98 Å². The lowest BCUT2D eigenvalue weighted by molar-refractivity contribution is -0.117. The largest absolute Gasteiger partial charge is 0.398 e. The van der Waals surface area contributed by atoms with E-state index in [0.29, 0.717) is 12.3 Å². The van der Waals surface area contributed by atoms with Crippen molar-refractivity contribution in [1.82, 2.24) is 4.98 Å². The molecule has 4 nitrogen and oxygen atoms in total. The number of nitrogens with zero attached hydrogens (tertiary/aromatic N) is 2. The number of anilines is 2. The normalized spacial score (nSPS) is 18.5. The lowest BCUT2D eigenvalue weighted by atomic mass is 9.99. The lowest BCUT2D eigenvalue weighted by Gasteiger charge is -2.16. The van der Waals surface area contributed by atoms with Gasteiger partial charge in [0.2, 0.25) is 5.91 Å². The van der Waals surface area contributed by atoms with E-state index in [0.717, 1.165) is 29.9 Å². The fourth-order valence-electron chi connectivity index (χ4n) is 2.70. The molecule has 0 saturated carbocycles. The molecule has 1 fully saturated rings. The zero-order chi connectivity index (χ0) is 13.9. The minimum absolute atomic E-state index is 0.184. The van der Waals surface area contributed by atoms with Crippen LogP contribution in [0.5, 0.6) is 0 Å². The number of para-hydroxylation sites is 1. The number of nitrogens with two attached hydrogens (primary N) is 1. The number of carbonyl (C=O) groups excluding carboxylic acids is 1. The van der Waals surface area contributed by atoms with Gasteiger partial charge in [0.25, 0.3) is 0 Å². The number of rotatable bonds is 3. The van der Waals surface area contributed by atoms with Crippen LogP contribution in [0.3, 0.4) is 0 Å². The van der Waals surface area contributed by atoms with Crippen molar-refractivity contribution >= 4 is 17.3 Å². The third-order valence-electron chi connectivity index (χ3n) is 3.72. The van der Waals surface area contributed by atoms with Crippen LogP contribution in [-0.2, 0) is 11.2 Å². The van der Waals surface area contributed by atoms with E-state index in [-0.39, 0.29) is 5.91 Å². The average Bonchev–Trinajstić information content (AvgIpc) is 2.83. The van der Waals surface area contributed by atoms with Crippen molar-refractivity contribution in [3.8, 4) is 0 Å². The monoisotopic (exact) mass is 267 g/mol. The van der Waals surface area contributed by atoms with Gasteiger partial charge in [-0.25, -0.2) is 0 Å². The topological polar surface area (TPSA) is 59.2 Å². The number of nitrogen functional groups attached to an aromatic ring is 1. The Hall–Kier alpha value is -2.36. The van der Waals surface area contributed by atoms with Gasteiger partial charge in [0.1, 0.15) is 0 Å². The van der Waals surface area contributed by atoms with Gasteiger partial charge in [-0.05, 0) is 36.1 Å². The van der Waals surface area contributed by atoms with E-state index < -0.39 is 0 Å². The average molecular weight is 267 g/mol. The van der Waals surface area contributed by atoms with Crippen molar-refractivity contribution in [3.63, 3.8) is 0 Å².